The molecule has 0 saturated carbocycles. The standard InChI is InChI=1S/C17H27NO/c1-14(2)5-4-6-15(3)11-12-19-17-9-7-16(13-18)8-10-17/h5,7-10,15H,4,6,11-13,18H2,1-3H3/t15-/m0/s1. The zero-order valence-corrected chi connectivity index (χ0v) is 12.5. The van der Waals surface area contributed by atoms with E-state index in [2.05, 4.69) is 26.8 Å². The van der Waals surface area contributed by atoms with E-state index in [9.17, 15) is 0 Å². The Morgan fingerprint density at radius 3 is 2.47 bits per heavy atom. The summed E-state index contributed by atoms with van der Waals surface area (Å²) in [7, 11) is 0. The lowest BCUT2D eigenvalue weighted by molar-refractivity contribution is 0.279. The van der Waals surface area contributed by atoms with E-state index >= 15 is 0 Å². The summed E-state index contributed by atoms with van der Waals surface area (Å²) in [5.74, 6) is 1.65. The average molecular weight is 261 g/mol. The molecule has 1 atom stereocenters. The molecule has 1 rings (SSSR count). The summed E-state index contributed by atoms with van der Waals surface area (Å²) in [4.78, 5) is 0. The van der Waals surface area contributed by atoms with E-state index in [1.54, 1.807) is 0 Å². The number of ether oxygens (including phenoxy) is 1. The number of allylic oxidation sites excluding steroid dienone is 2. The van der Waals surface area contributed by atoms with Gasteiger partial charge in [-0.3, -0.25) is 0 Å². The molecular formula is C17H27NO. The molecule has 0 saturated heterocycles. The molecule has 2 N–H and O–H groups in total. The van der Waals surface area contributed by atoms with E-state index in [1.165, 1.54) is 18.4 Å². The van der Waals surface area contributed by atoms with Gasteiger partial charge in [0.05, 0.1) is 6.61 Å². The molecule has 106 valence electrons. The van der Waals surface area contributed by atoms with Crippen LogP contribution in [0.2, 0.25) is 0 Å². The number of benzene rings is 1. The van der Waals surface area contributed by atoms with Crippen LogP contribution < -0.4 is 10.5 Å². The highest BCUT2D eigenvalue weighted by molar-refractivity contribution is 5.26. The van der Waals surface area contributed by atoms with Gasteiger partial charge in [-0.15, -0.1) is 0 Å². The van der Waals surface area contributed by atoms with Gasteiger partial charge < -0.3 is 10.5 Å². The maximum atomic E-state index is 5.75. The number of rotatable bonds is 8. The van der Waals surface area contributed by atoms with Gasteiger partial charge in [0.25, 0.3) is 0 Å². The SMILES string of the molecule is CC(C)=CCC[C@H](C)CCOc1ccc(CN)cc1. The normalized spacial score (nSPS) is 12.0. The van der Waals surface area contributed by atoms with Crippen molar-refractivity contribution in [2.45, 2.75) is 46.6 Å². The molecule has 0 heterocycles. The molecule has 0 bridgehead atoms. The Morgan fingerprint density at radius 2 is 1.89 bits per heavy atom. The summed E-state index contributed by atoms with van der Waals surface area (Å²) in [6.45, 7) is 7.97. The molecular weight excluding hydrogens is 234 g/mol. The van der Waals surface area contributed by atoms with Crippen LogP contribution in [-0.4, -0.2) is 6.61 Å². The summed E-state index contributed by atoms with van der Waals surface area (Å²) in [5, 5.41) is 0. The van der Waals surface area contributed by atoms with E-state index in [4.69, 9.17) is 10.5 Å². The molecule has 0 spiro atoms. The van der Waals surface area contributed by atoms with E-state index in [1.807, 2.05) is 24.3 Å². The van der Waals surface area contributed by atoms with Gasteiger partial charge in [0.2, 0.25) is 0 Å². The third-order valence-corrected chi connectivity index (χ3v) is 3.25. The summed E-state index contributed by atoms with van der Waals surface area (Å²) in [6, 6.07) is 8.03. The topological polar surface area (TPSA) is 35.2 Å². The second kappa shape index (κ2) is 8.76. The molecule has 2 nitrogen and oxygen atoms in total. The van der Waals surface area contributed by atoms with E-state index in [-0.39, 0.29) is 0 Å². The highest BCUT2D eigenvalue weighted by Gasteiger charge is 2.02. The van der Waals surface area contributed by atoms with Crippen molar-refractivity contribution in [1.29, 1.82) is 0 Å². The summed E-state index contributed by atoms with van der Waals surface area (Å²) >= 11 is 0. The van der Waals surface area contributed by atoms with Crippen molar-refractivity contribution in [3.63, 3.8) is 0 Å². The van der Waals surface area contributed by atoms with Crippen molar-refractivity contribution in [3.05, 3.63) is 41.5 Å². The summed E-state index contributed by atoms with van der Waals surface area (Å²) in [6.07, 6.45) is 5.83. The molecule has 0 unspecified atom stereocenters. The fraction of sp³-hybridized carbons (Fsp3) is 0.529. The first kappa shape index (κ1) is 15.8. The van der Waals surface area contributed by atoms with E-state index < -0.39 is 0 Å². The minimum Gasteiger partial charge on any atom is -0.494 e. The van der Waals surface area contributed by atoms with Crippen molar-refractivity contribution in [2.24, 2.45) is 11.7 Å². The smallest absolute Gasteiger partial charge is 0.119 e. The van der Waals surface area contributed by atoms with Crippen LogP contribution in [0.5, 0.6) is 5.75 Å². The van der Waals surface area contributed by atoms with Gasteiger partial charge in [-0.25, -0.2) is 0 Å². The second-order valence-corrected chi connectivity index (χ2v) is 5.45. The van der Waals surface area contributed by atoms with Gasteiger partial charge in [0.15, 0.2) is 0 Å². The lowest BCUT2D eigenvalue weighted by Gasteiger charge is -2.11. The number of nitrogens with two attached hydrogens (primary N) is 1. The maximum Gasteiger partial charge on any atom is 0.119 e. The second-order valence-electron chi connectivity index (χ2n) is 5.45. The van der Waals surface area contributed by atoms with Crippen molar-refractivity contribution in [3.8, 4) is 5.75 Å². The zero-order valence-electron chi connectivity index (χ0n) is 12.5. The van der Waals surface area contributed by atoms with Crippen molar-refractivity contribution in [1.82, 2.24) is 0 Å². The Bertz CT molecular complexity index is 377. The zero-order chi connectivity index (χ0) is 14.1. The van der Waals surface area contributed by atoms with Gasteiger partial charge in [-0.1, -0.05) is 30.7 Å². The highest BCUT2D eigenvalue weighted by Crippen LogP contribution is 2.15. The Morgan fingerprint density at radius 1 is 1.21 bits per heavy atom. The van der Waals surface area contributed by atoms with Crippen LogP contribution in [0.4, 0.5) is 0 Å². The lowest BCUT2D eigenvalue weighted by Crippen LogP contribution is -2.04. The molecule has 19 heavy (non-hydrogen) atoms. The van der Waals surface area contributed by atoms with Crippen LogP contribution in [0, 0.1) is 5.92 Å². The predicted molar refractivity (Wildman–Crippen MR) is 82.3 cm³/mol. The van der Waals surface area contributed by atoms with Crippen LogP contribution in [0.25, 0.3) is 0 Å². The van der Waals surface area contributed by atoms with Gasteiger partial charge in [0, 0.05) is 6.54 Å². The molecule has 0 aromatic heterocycles. The molecule has 2 heteroatoms. The van der Waals surface area contributed by atoms with Crippen molar-refractivity contribution < 1.29 is 4.74 Å². The largest absolute Gasteiger partial charge is 0.494 e. The molecule has 0 aliphatic heterocycles. The fourth-order valence-corrected chi connectivity index (χ4v) is 1.90. The Hall–Kier alpha value is -1.28. The molecule has 1 aromatic rings. The molecule has 0 radical (unpaired) electrons. The van der Waals surface area contributed by atoms with Crippen LogP contribution in [-0.2, 0) is 6.54 Å². The van der Waals surface area contributed by atoms with Gasteiger partial charge in [-0.05, 0) is 56.7 Å². The van der Waals surface area contributed by atoms with Crippen LogP contribution in [0.1, 0.15) is 45.6 Å². The molecule has 0 aliphatic rings. The predicted octanol–water partition coefficient (Wildman–Crippen LogP) is 4.30. The molecule has 0 amide bonds. The quantitative estimate of drug-likeness (QED) is 0.708. The lowest BCUT2D eigenvalue weighted by atomic mass is 10.0. The monoisotopic (exact) mass is 261 g/mol. The molecule has 0 fully saturated rings. The van der Waals surface area contributed by atoms with Crippen molar-refractivity contribution in [2.75, 3.05) is 6.61 Å². The Kier molecular flexibility index (Phi) is 7.27. The van der Waals surface area contributed by atoms with Crippen molar-refractivity contribution >= 4 is 0 Å². The summed E-state index contributed by atoms with van der Waals surface area (Å²) in [5.41, 5.74) is 8.11. The van der Waals surface area contributed by atoms with Gasteiger partial charge in [-0.2, -0.15) is 0 Å². The van der Waals surface area contributed by atoms with Crippen LogP contribution in [0.15, 0.2) is 35.9 Å². The third-order valence-electron chi connectivity index (χ3n) is 3.25. The first-order valence-corrected chi connectivity index (χ1v) is 7.17. The Labute approximate surface area is 117 Å². The number of hydrogen-bond donors (Lipinski definition) is 1. The van der Waals surface area contributed by atoms with Gasteiger partial charge >= 0.3 is 0 Å². The van der Waals surface area contributed by atoms with E-state index in [0.717, 1.165) is 24.3 Å². The minimum atomic E-state index is 0.585. The van der Waals surface area contributed by atoms with Crippen LogP contribution >= 0.6 is 0 Å². The average Bonchev–Trinajstić information content (AvgIpc) is 2.39. The molecule has 0 aliphatic carbocycles. The maximum absolute atomic E-state index is 5.75. The Balaban J connectivity index is 2.20. The first-order chi connectivity index (χ1) is 9.11. The van der Waals surface area contributed by atoms with Crippen LogP contribution in [0.3, 0.4) is 0 Å². The third kappa shape index (κ3) is 7.02. The fourth-order valence-electron chi connectivity index (χ4n) is 1.90. The first-order valence-electron chi connectivity index (χ1n) is 7.17. The number of hydrogen-bond acceptors (Lipinski definition) is 2. The van der Waals surface area contributed by atoms with E-state index in [0.29, 0.717) is 12.5 Å². The molecule has 1 aromatic carbocycles. The highest BCUT2D eigenvalue weighted by atomic mass is 16.5. The minimum absolute atomic E-state index is 0.585. The van der Waals surface area contributed by atoms with Gasteiger partial charge in [0.1, 0.15) is 5.75 Å². The summed E-state index contributed by atoms with van der Waals surface area (Å²) < 4.78 is 5.75.